The van der Waals surface area contributed by atoms with Crippen LogP contribution in [-0.2, 0) is 6.54 Å². The van der Waals surface area contributed by atoms with E-state index in [1.54, 1.807) is 6.07 Å². The summed E-state index contributed by atoms with van der Waals surface area (Å²) >= 11 is 0. The molecule has 0 saturated heterocycles. The van der Waals surface area contributed by atoms with Gasteiger partial charge in [0, 0.05) is 6.54 Å². The van der Waals surface area contributed by atoms with Crippen molar-refractivity contribution in [2.75, 3.05) is 11.5 Å². The van der Waals surface area contributed by atoms with Crippen LogP contribution in [0.15, 0.2) is 12.1 Å². The molecule has 0 radical (unpaired) electrons. The van der Waals surface area contributed by atoms with Crippen molar-refractivity contribution in [1.29, 1.82) is 0 Å². The van der Waals surface area contributed by atoms with Crippen LogP contribution >= 0.6 is 0 Å². The van der Waals surface area contributed by atoms with Crippen LogP contribution in [0.25, 0.3) is 0 Å². The third-order valence-electron chi connectivity index (χ3n) is 1.83. The molecule has 6 N–H and O–H groups in total. The summed E-state index contributed by atoms with van der Waals surface area (Å²) in [4.78, 5) is 0. The van der Waals surface area contributed by atoms with Crippen molar-refractivity contribution in [3.8, 4) is 0 Å². The van der Waals surface area contributed by atoms with Crippen LogP contribution in [0.2, 0.25) is 0 Å². The minimum atomic E-state index is 0.447. The van der Waals surface area contributed by atoms with Crippen LogP contribution in [0.4, 0.5) is 11.4 Å². The van der Waals surface area contributed by atoms with Gasteiger partial charge in [-0.25, -0.2) is 0 Å². The summed E-state index contributed by atoms with van der Waals surface area (Å²) in [5, 5.41) is 0. The number of benzene rings is 1. The zero-order valence-electron chi connectivity index (χ0n) is 8.59. The molecule has 0 bridgehead atoms. The Hall–Kier alpha value is -1.22. The predicted molar refractivity (Wildman–Crippen MR) is 59.2 cm³/mol. The van der Waals surface area contributed by atoms with E-state index in [4.69, 9.17) is 17.2 Å². The van der Waals surface area contributed by atoms with Gasteiger partial charge in [-0.05, 0) is 24.1 Å². The Bertz CT molecular complexity index is 269. The van der Waals surface area contributed by atoms with Crippen LogP contribution < -0.4 is 17.2 Å². The maximum absolute atomic E-state index is 5.69. The van der Waals surface area contributed by atoms with E-state index < -0.39 is 0 Å². The van der Waals surface area contributed by atoms with Crippen molar-refractivity contribution in [3.63, 3.8) is 0 Å². The molecule has 0 saturated carbocycles. The van der Waals surface area contributed by atoms with Crippen molar-refractivity contribution in [2.45, 2.75) is 27.3 Å². The summed E-state index contributed by atoms with van der Waals surface area (Å²) in [7, 11) is 0. The number of aryl methyl sites for hydroxylation is 1. The van der Waals surface area contributed by atoms with E-state index >= 15 is 0 Å². The molecule has 0 aliphatic carbocycles. The van der Waals surface area contributed by atoms with Crippen LogP contribution in [0.1, 0.15) is 25.0 Å². The van der Waals surface area contributed by atoms with Crippen molar-refractivity contribution < 1.29 is 0 Å². The fraction of sp³-hybridized carbons (Fsp3) is 0.400. The third kappa shape index (κ3) is 2.63. The number of nitrogens with two attached hydrogens (primary N) is 3. The Labute approximate surface area is 79.9 Å². The number of hydrogen-bond donors (Lipinski definition) is 3. The third-order valence-corrected chi connectivity index (χ3v) is 1.83. The maximum Gasteiger partial charge on any atom is 0.0595 e. The quantitative estimate of drug-likeness (QED) is 0.576. The fourth-order valence-electron chi connectivity index (χ4n) is 1.06. The first-order valence-electron chi connectivity index (χ1n) is 4.50. The molecule has 3 nitrogen and oxygen atoms in total. The van der Waals surface area contributed by atoms with Gasteiger partial charge in [-0.15, -0.1) is 0 Å². The lowest BCUT2D eigenvalue weighted by Crippen LogP contribution is -2.06. The SMILES string of the molecule is CC.Cc1ccc(N)c(N)c1CN. The number of hydrogen-bond acceptors (Lipinski definition) is 3. The van der Waals surface area contributed by atoms with E-state index in [1.807, 2.05) is 26.8 Å². The highest BCUT2D eigenvalue weighted by molar-refractivity contribution is 5.68. The van der Waals surface area contributed by atoms with E-state index in [9.17, 15) is 0 Å². The lowest BCUT2D eigenvalue weighted by Gasteiger charge is -2.08. The molecule has 1 aromatic rings. The molecule has 0 aromatic heterocycles. The van der Waals surface area contributed by atoms with Crippen molar-refractivity contribution in [2.24, 2.45) is 5.73 Å². The molecule has 13 heavy (non-hydrogen) atoms. The number of rotatable bonds is 1. The lowest BCUT2D eigenvalue weighted by molar-refractivity contribution is 1.05. The van der Waals surface area contributed by atoms with Crippen LogP contribution in [0, 0.1) is 6.92 Å². The molecule has 0 amide bonds. The first kappa shape index (κ1) is 11.8. The van der Waals surface area contributed by atoms with E-state index in [-0.39, 0.29) is 0 Å². The smallest absolute Gasteiger partial charge is 0.0595 e. The van der Waals surface area contributed by atoms with Gasteiger partial charge in [-0.1, -0.05) is 19.9 Å². The van der Waals surface area contributed by atoms with E-state index in [2.05, 4.69) is 0 Å². The van der Waals surface area contributed by atoms with E-state index in [0.29, 0.717) is 17.9 Å². The number of anilines is 2. The van der Waals surface area contributed by atoms with Gasteiger partial charge in [0.25, 0.3) is 0 Å². The molecule has 1 rings (SSSR count). The second-order valence-corrected chi connectivity index (χ2v) is 2.57. The second kappa shape index (κ2) is 5.43. The standard InChI is InChI=1S/C8H13N3.C2H6/c1-5-2-3-7(10)8(11)6(5)4-9;1-2/h2-3H,4,9-11H2,1H3;1-2H3. The molecule has 1 aromatic carbocycles. The monoisotopic (exact) mass is 181 g/mol. The van der Waals surface area contributed by atoms with Gasteiger partial charge >= 0.3 is 0 Å². The molecule has 74 valence electrons. The Morgan fingerprint density at radius 2 is 1.69 bits per heavy atom. The van der Waals surface area contributed by atoms with Crippen LogP contribution in [0.5, 0.6) is 0 Å². The summed E-state index contributed by atoms with van der Waals surface area (Å²) in [6.07, 6.45) is 0. The average molecular weight is 181 g/mol. The highest BCUT2D eigenvalue weighted by Crippen LogP contribution is 2.22. The molecule has 0 unspecified atom stereocenters. The zero-order chi connectivity index (χ0) is 10.4. The molecule has 0 fully saturated rings. The summed E-state index contributed by atoms with van der Waals surface area (Å²) in [6.45, 7) is 6.42. The normalized spacial score (nSPS) is 8.92. The van der Waals surface area contributed by atoms with Gasteiger partial charge in [0.15, 0.2) is 0 Å². The van der Waals surface area contributed by atoms with Crippen molar-refractivity contribution >= 4 is 11.4 Å². The molecule has 0 spiro atoms. The van der Waals surface area contributed by atoms with Crippen molar-refractivity contribution in [3.05, 3.63) is 23.3 Å². The molecular formula is C10H19N3. The first-order valence-corrected chi connectivity index (χ1v) is 4.50. The fourth-order valence-corrected chi connectivity index (χ4v) is 1.06. The van der Waals surface area contributed by atoms with Crippen LogP contribution in [0.3, 0.4) is 0 Å². The van der Waals surface area contributed by atoms with Gasteiger partial charge in [-0.2, -0.15) is 0 Å². The van der Waals surface area contributed by atoms with Crippen molar-refractivity contribution in [1.82, 2.24) is 0 Å². The lowest BCUT2D eigenvalue weighted by atomic mass is 10.1. The Kier molecular flexibility index (Phi) is 4.92. The maximum atomic E-state index is 5.69. The Morgan fingerprint density at radius 3 is 2.08 bits per heavy atom. The molecule has 0 aliphatic heterocycles. The molecule has 3 heteroatoms. The minimum absolute atomic E-state index is 0.447. The predicted octanol–water partition coefficient (Wildman–Crippen LogP) is 1.64. The second-order valence-electron chi connectivity index (χ2n) is 2.57. The highest BCUT2D eigenvalue weighted by Gasteiger charge is 2.02. The van der Waals surface area contributed by atoms with Gasteiger partial charge in [-0.3, -0.25) is 0 Å². The molecular weight excluding hydrogens is 162 g/mol. The van der Waals surface area contributed by atoms with Gasteiger partial charge in [0.05, 0.1) is 11.4 Å². The summed E-state index contributed by atoms with van der Waals surface area (Å²) in [5.41, 5.74) is 20.0. The summed E-state index contributed by atoms with van der Waals surface area (Å²) in [6, 6.07) is 3.72. The first-order chi connectivity index (χ1) is 6.16. The number of nitrogen functional groups attached to an aromatic ring is 2. The topological polar surface area (TPSA) is 78.1 Å². The molecule has 0 aliphatic rings. The van der Waals surface area contributed by atoms with Gasteiger partial charge in [0.2, 0.25) is 0 Å². The van der Waals surface area contributed by atoms with E-state index in [1.165, 1.54) is 0 Å². The Morgan fingerprint density at radius 1 is 1.15 bits per heavy atom. The molecule has 0 atom stereocenters. The highest BCUT2D eigenvalue weighted by atomic mass is 14.7. The molecule has 0 heterocycles. The summed E-state index contributed by atoms with van der Waals surface area (Å²) in [5.74, 6) is 0. The minimum Gasteiger partial charge on any atom is -0.397 e. The van der Waals surface area contributed by atoms with Crippen LogP contribution in [-0.4, -0.2) is 0 Å². The average Bonchev–Trinajstić information content (AvgIpc) is 2.16. The van der Waals surface area contributed by atoms with Gasteiger partial charge in [0.1, 0.15) is 0 Å². The Balaban J connectivity index is 0.000000671. The largest absolute Gasteiger partial charge is 0.397 e. The zero-order valence-corrected chi connectivity index (χ0v) is 8.59. The van der Waals surface area contributed by atoms with Gasteiger partial charge < -0.3 is 17.2 Å². The summed E-state index contributed by atoms with van der Waals surface area (Å²) < 4.78 is 0. The van der Waals surface area contributed by atoms with E-state index in [0.717, 1.165) is 11.1 Å².